The lowest BCUT2D eigenvalue weighted by atomic mass is 9.92. The minimum Gasteiger partial charge on any atom is -0.310 e. The van der Waals surface area contributed by atoms with Gasteiger partial charge in [0.15, 0.2) is 0 Å². The van der Waals surface area contributed by atoms with Crippen LogP contribution in [0.1, 0.15) is 42.3 Å². The van der Waals surface area contributed by atoms with Crippen molar-refractivity contribution in [3.8, 4) is 0 Å². The van der Waals surface area contributed by atoms with Crippen LogP contribution in [-0.2, 0) is 0 Å². The Morgan fingerprint density at radius 3 is 2.78 bits per heavy atom. The Hall–Kier alpha value is -0.970. The first-order valence-electron chi connectivity index (χ1n) is 9.01. The van der Waals surface area contributed by atoms with Gasteiger partial charge in [0.2, 0.25) is 0 Å². The Kier molecular flexibility index (Phi) is 3.29. The SMILES string of the molecule is C[C@H]1CC[C@H](c2ccc3sc([C@@H]4[C@@H]5CN(C)C[C@@H]54)nc3c2)NC1. The van der Waals surface area contributed by atoms with Gasteiger partial charge in [-0.25, -0.2) is 4.98 Å². The van der Waals surface area contributed by atoms with Crippen LogP contribution in [0.2, 0.25) is 0 Å². The summed E-state index contributed by atoms with van der Waals surface area (Å²) in [6.07, 6.45) is 2.58. The molecule has 1 saturated carbocycles. The Labute approximate surface area is 142 Å². The third kappa shape index (κ3) is 2.43. The lowest BCUT2D eigenvalue weighted by molar-refractivity contribution is 0.333. The molecule has 1 aliphatic carbocycles. The van der Waals surface area contributed by atoms with E-state index in [9.17, 15) is 0 Å². The van der Waals surface area contributed by atoms with Crippen molar-refractivity contribution in [2.75, 3.05) is 26.7 Å². The second-order valence-corrected chi connectivity index (χ2v) is 9.06. The molecule has 3 heterocycles. The fourth-order valence-corrected chi connectivity index (χ4v) is 5.91. The molecule has 1 N–H and O–H groups in total. The zero-order valence-electron chi connectivity index (χ0n) is 14.0. The molecular formula is C19H25N3S. The second kappa shape index (κ2) is 5.27. The molecule has 3 aliphatic rings. The van der Waals surface area contributed by atoms with E-state index in [1.165, 1.54) is 46.7 Å². The van der Waals surface area contributed by atoms with E-state index in [1.54, 1.807) is 0 Å². The van der Waals surface area contributed by atoms with E-state index < -0.39 is 0 Å². The molecule has 2 aliphatic heterocycles. The summed E-state index contributed by atoms with van der Waals surface area (Å²) < 4.78 is 1.37. The molecule has 0 bridgehead atoms. The standard InChI is InChI=1S/C19H25N3S/c1-11-3-5-15(20-8-11)12-4-6-17-16(7-12)21-19(23-17)18-13-9-22(2)10-14(13)18/h4,6-7,11,13-15,18,20H,3,5,8-10H2,1-2H3/t11-,13-,14+,15+,18-/m0/s1. The molecule has 1 aromatic heterocycles. The van der Waals surface area contributed by atoms with Gasteiger partial charge in [-0.05, 0) is 61.9 Å². The molecule has 23 heavy (non-hydrogen) atoms. The third-order valence-corrected chi connectivity index (χ3v) is 7.29. The van der Waals surface area contributed by atoms with Gasteiger partial charge < -0.3 is 10.2 Å². The fraction of sp³-hybridized carbons (Fsp3) is 0.632. The van der Waals surface area contributed by atoms with Gasteiger partial charge in [0.1, 0.15) is 0 Å². The Morgan fingerprint density at radius 2 is 2.04 bits per heavy atom. The summed E-state index contributed by atoms with van der Waals surface area (Å²) in [5, 5.41) is 5.09. The number of aromatic nitrogens is 1. The molecule has 3 fully saturated rings. The van der Waals surface area contributed by atoms with Crippen molar-refractivity contribution in [3.05, 3.63) is 28.8 Å². The van der Waals surface area contributed by atoms with Gasteiger partial charge in [0.05, 0.1) is 15.2 Å². The van der Waals surface area contributed by atoms with Crippen molar-refractivity contribution < 1.29 is 0 Å². The van der Waals surface area contributed by atoms with Gasteiger partial charge in [-0.2, -0.15) is 0 Å². The third-order valence-electron chi connectivity index (χ3n) is 6.15. The van der Waals surface area contributed by atoms with E-state index in [1.807, 2.05) is 11.3 Å². The quantitative estimate of drug-likeness (QED) is 0.913. The number of nitrogens with zero attached hydrogens (tertiary/aromatic N) is 2. The molecule has 1 aromatic carbocycles. The summed E-state index contributed by atoms with van der Waals surface area (Å²) >= 11 is 1.93. The molecule has 5 rings (SSSR count). The predicted molar refractivity (Wildman–Crippen MR) is 96.0 cm³/mol. The first kappa shape index (κ1) is 14.4. The molecule has 0 spiro atoms. The van der Waals surface area contributed by atoms with Crippen LogP contribution in [0.15, 0.2) is 18.2 Å². The molecule has 0 unspecified atom stereocenters. The van der Waals surface area contributed by atoms with Gasteiger partial charge in [0.25, 0.3) is 0 Å². The van der Waals surface area contributed by atoms with E-state index in [4.69, 9.17) is 4.98 Å². The van der Waals surface area contributed by atoms with Crippen LogP contribution in [0.25, 0.3) is 10.2 Å². The molecule has 0 radical (unpaired) electrons. The van der Waals surface area contributed by atoms with Crippen LogP contribution in [0.5, 0.6) is 0 Å². The van der Waals surface area contributed by atoms with Crippen molar-refractivity contribution in [2.45, 2.75) is 31.7 Å². The Balaban J connectivity index is 1.39. The maximum Gasteiger partial charge on any atom is 0.0976 e. The Morgan fingerprint density at radius 1 is 1.22 bits per heavy atom. The maximum atomic E-state index is 5.02. The summed E-state index contributed by atoms with van der Waals surface area (Å²) in [4.78, 5) is 7.49. The highest BCUT2D eigenvalue weighted by atomic mass is 32.1. The van der Waals surface area contributed by atoms with E-state index in [0.717, 1.165) is 30.2 Å². The zero-order valence-corrected chi connectivity index (χ0v) is 14.8. The van der Waals surface area contributed by atoms with Gasteiger partial charge >= 0.3 is 0 Å². The minimum atomic E-state index is 0.523. The van der Waals surface area contributed by atoms with Crippen LogP contribution in [0.3, 0.4) is 0 Å². The summed E-state index contributed by atoms with van der Waals surface area (Å²) in [5.74, 6) is 3.32. The van der Waals surface area contributed by atoms with Crippen LogP contribution < -0.4 is 5.32 Å². The normalized spacial score (nSPS) is 37.2. The smallest absolute Gasteiger partial charge is 0.0976 e. The highest BCUT2D eigenvalue weighted by Crippen LogP contribution is 2.58. The zero-order chi connectivity index (χ0) is 15.6. The fourth-order valence-electron chi connectivity index (χ4n) is 4.71. The van der Waals surface area contributed by atoms with Gasteiger partial charge in [-0.3, -0.25) is 0 Å². The average Bonchev–Trinajstić information content (AvgIpc) is 2.90. The summed E-state index contributed by atoms with van der Waals surface area (Å²) in [6, 6.07) is 7.48. The lowest BCUT2D eigenvalue weighted by Crippen LogP contribution is -2.31. The van der Waals surface area contributed by atoms with Crippen molar-refractivity contribution >= 4 is 21.6 Å². The number of likely N-dealkylation sites (tertiary alicyclic amines) is 1. The van der Waals surface area contributed by atoms with Crippen molar-refractivity contribution in [2.24, 2.45) is 17.8 Å². The summed E-state index contributed by atoms with van der Waals surface area (Å²) in [5.41, 5.74) is 2.65. The highest BCUT2D eigenvalue weighted by Gasteiger charge is 2.56. The van der Waals surface area contributed by atoms with Crippen LogP contribution >= 0.6 is 11.3 Å². The Bertz CT molecular complexity index is 719. The number of benzene rings is 1. The minimum absolute atomic E-state index is 0.523. The number of hydrogen-bond acceptors (Lipinski definition) is 4. The van der Waals surface area contributed by atoms with Crippen molar-refractivity contribution in [1.29, 1.82) is 0 Å². The molecular weight excluding hydrogens is 302 g/mol. The molecule has 0 amide bonds. The van der Waals surface area contributed by atoms with Gasteiger partial charge in [-0.15, -0.1) is 11.3 Å². The first-order chi connectivity index (χ1) is 11.2. The number of fused-ring (bicyclic) bond motifs is 2. The number of rotatable bonds is 2. The average molecular weight is 327 g/mol. The number of thiazole rings is 1. The number of hydrogen-bond donors (Lipinski definition) is 1. The van der Waals surface area contributed by atoms with Crippen molar-refractivity contribution in [3.63, 3.8) is 0 Å². The van der Waals surface area contributed by atoms with Crippen LogP contribution in [0, 0.1) is 17.8 Å². The topological polar surface area (TPSA) is 28.2 Å². The lowest BCUT2D eigenvalue weighted by Gasteiger charge is -2.28. The van der Waals surface area contributed by atoms with E-state index in [0.29, 0.717) is 6.04 Å². The predicted octanol–water partition coefficient (Wildman–Crippen LogP) is 3.63. The van der Waals surface area contributed by atoms with Gasteiger partial charge in [-0.1, -0.05) is 13.0 Å². The molecule has 5 atom stereocenters. The molecule has 4 heteroatoms. The monoisotopic (exact) mass is 327 g/mol. The number of piperidine rings is 2. The van der Waals surface area contributed by atoms with E-state index in [-0.39, 0.29) is 0 Å². The molecule has 2 saturated heterocycles. The largest absolute Gasteiger partial charge is 0.310 e. The maximum absolute atomic E-state index is 5.02. The van der Waals surface area contributed by atoms with E-state index >= 15 is 0 Å². The summed E-state index contributed by atoms with van der Waals surface area (Å²) in [6.45, 7) is 6.01. The first-order valence-corrected chi connectivity index (χ1v) is 9.83. The van der Waals surface area contributed by atoms with Crippen molar-refractivity contribution in [1.82, 2.24) is 15.2 Å². The molecule has 3 nitrogen and oxygen atoms in total. The van der Waals surface area contributed by atoms with Crippen LogP contribution in [-0.4, -0.2) is 36.6 Å². The number of nitrogens with one attached hydrogen (secondary N) is 1. The summed E-state index contributed by atoms with van der Waals surface area (Å²) in [7, 11) is 2.24. The van der Waals surface area contributed by atoms with Crippen LogP contribution in [0.4, 0.5) is 0 Å². The highest BCUT2D eigenvalue weighted by molar-refractivity contribution is 7.18. The van der Waals surface area contributed by atoms with Gasteiger partial charge in [0, 0.05) is 25.0 Å². The molecule has 2 aromatic rings. The van der Waals surface area contributed by atoms with E-state index in [2.05, 4.69) is 42.4 Å². The second-order valence-electron chi connectivity index (χ2n) is 8.00. The molecule has 122 valence electrons.